The van der Waals surface area contributed by atoms with Crippen LogP contribution in [0.3, 0.4) is 0 Å². The highest BCUT2D eigenvalue weighted by Gasteiger charge is 2.45. The number of rotatable bonds is 2. The van der Waals surface area contributed by atoms with Crippen LogP contribution in [0.4, 0.5) is 0 Å². The smallest absolute Gasteiger partial charge is 0.0693 e. The molecule has 0 radical (unpaired) electrons. The first-order valence-corrected chi connectivity index (χ1v) is 4.69. The molecular weight excluding hydrogens is 162 g/mol. The van der Waals surface area contributed by atoms with E-state index in [2.05, 4.69) is 9.97 Å². The highest BCUT2D eigenvalue weighted by molar-refractivity contribution is 5.29. The molecular formula is C10H15N3. The number of nitrogens with zero attached hydrogens (tertiary/aromatic N) is 2. The predicted molar refractivity (Wildman–Crippen MR) is 51.5 cm³/mol. The van der Waals surface area contributed by atoms with E-state index in [1.807, 2.05) is 20.0 Å². The molecule has 2 rings (SSSR count). The van der Waals surface area contributed by atoms with E-state index in [4.69, 9.17) is 5.73 Å². The summed E-state index contributed by atoms with van der Waals surface area (Å²) in [6.07, 6.45) is 4.15. The van der Waals surface area contributed by atoms with Gasteiger partial charge in [0.1, 0.15) is 0 Å². The van der Waals surface area contributed by atoms with E-state index in [1.165, 1.54) is 12.8 Å². The third-order valence-corrected chi connectivity index (χ3v) is 2.82. The summed E-state index contributed by atoms with van der Waals surface area (Å²) in [6.45, 7) is 4.69. The molecule has 1 heterocycles. The summed E-state index contributed by atoms with van der Waals surface area (Å²) >= 11 is 0. The molecule has 0 unspecified atom stereocenters. The third kappa shape index (κ3) is 1.33. The predicted octanol–water partition coefficient (Wildman–Crippen LogP) is 1.08. The van der Waals surface area contributed by atoms with Crippen LogP contribution >= 0.6 is 0 Å². The van der Waals surface area contributed by atoms with Gasteiger partial charge in [-0.05, 0) is 26.7 Å². The normalized spacial score (nSPS) is 18.7. The second-order valence-electron chi connectivity index (χ2n) is 3.93. The zero-order chi connectivity index (χ0) is 9.47. The largest absolute Gasteiger partial charge is 0.330 e. The number of nitrogens with two attached hydrogens (primary N) is 1. The third-order valence-electron chi connectivity index (χ3n) is 2.82. The molecule has 0 amide bonds. The maximum absolute atomic E-state index is 5.75. The van der Waals surface area contributed by atoms with Gasteiger partial charge in [0.2, 0.25) is 0 Å². The highest BCUT2D eigenvalue weighted by Crippen LogP contribution is 2.47. The Hall–Kier alpha value is -0.960. The van der Waals surface area contributed by atoms with Crippen LogP contribution in [-0.2, 0) is 5.41 Å². The number of aromatic nitrogens is 2. The van der Waals surface area contributed by atoms with Gasteiger partial charge in [0, 0.05) is 18.2 Å². The molecule has 70 valence electrons. The van der Waals surface area contributed by atoms with E-state index in [0.717, 1.165) is 17.1 Å². The molecule has 0 spiro atoms. The topological polar surface area (TPSA) is 51.8 Å². The summed E-state index contributed by atoms with van der Waals surface area (Å²) in [5.74, 6) is 0. The molecule has 0 aliphatic heterocycles. The van der Waals surface area contributed by atoms with E-state index in [9.17, 15) is 0 Å². The lowest BCUT2D eigenvalue weighted by molar-refractivity contribution is 0.661. The Kier molecular flexibility index (Phi) is 1.84. The van der Waals surface area contributed by atoms with Gasteiger partial charge in [-0.15, -0.1) is 0 Å². The van der Waals surface area contributed by atoms with Gasteiger partial charge in [-0.25, -0.2) is 0 Å². The van der Waals surface area contributed by atoms with Gasteiger partial charge < -0.3 is 5.73 Å². The fraction of sp³-hybridized carbons (Fsp3) is 0.600. The molecule has 1 fully saturated rings. The summed E-state index contributed by atoms with van der Waals surface area (Å²) in [7, 11) is 0. The van der Waals surface area contributed by atoms with Crippen molar-refractivity contribution in [3.63, 3.8) is 0 Å². The molecule has 1 aromatic rings. The summed E-state index contributed by atoms with van der Waals surface area (Å²) in [5, 5.41) is 0. The average Bonchev–Trinajstić information content (AvgIpc) is 2.90. The van der Waals surface area contributed by atoms with Crippen molar-refractivity contribution in [3.05, 3.63) is 23.3 Å². The van der Waals surface area contributed by atoms with Crippen LogP contribution in [0.25, 0.3) is 0 Å². The van der Waals surface area contributed by atoms with E-state index in [0.29, 0.717) is 6.54 Å². The van der Waals surface area contributed by atoms with Gasteiger partial charge in [-0.3, -0.25) is 9.97 Å². The molecule has 0 aromatic carbocycles. The average molecular weight is 177 g/mol. The van der Waals surface area contributed by atoms with Crippen LogP contribution in [0.2, 0.25) is 0 Å². The Morgan fingerprint density at radius 2 is 2.15 bits per heavy atom. The SMILES string of the molecule is Cc1cnc(C)c(C2(CN)CC2)n1. The standard InChI is InChI=1S/C10H15N3/c1-7-5-12-8(2)9(13-7)10(6-11)3-4-10/h5H,3-4,6,11H2,1-2H3. The first-order valence-electron chi connectivity index (χ1n) is 4.69. The van der Waals surface area contributed by atoms with E-state index in [-0.39, 0.29) is 5.41 Å². The van der Waals surface area contributed by atoms with Crippen molar-refractivity contribution in [3.8, 4) is 0 Å². The Morgan fingerprint density at radius 3 is 2.69 bits per heavy atom. The van der Waals surface area contributed by atoms with Crippen LogP contribution in [-0.4, -0.2) is 16.5 Å². The number of hydrogen-bond acceptors (Lipinski definition) is 3. The lowest BCUT2D eigenvalue weighted by Crippen LogP contribution is -2.23. The van der Waals surface area contributed by atoms with Gasteiger partial charge in [0.25, 0.3) is 0 Å². The molecule has 0 atom stereocenters. The first kappa shape index (κ1) is 8.63. The summed E-state index contributed by atoms with van der Waals surface area (Å²) in [6, 6.07) is 0. The second kappa shape index (κ2) is 2.77. The minimum absolute atomic E-state index is 0.170. The summed E-state index contributed by atoms with van der Waals surface area (Å²) in [4.78, 5) is 8.85. The maximum Gasteiger partial charge on any atom is 0.0693 e. The molecule has 1 saturated carbocycles. The zero-order valence-electron chi connectivity index (χ0n) is 8.17. The van der Waals surface area contributed by atoms with Crippen molar-refractivity contribution in [1.82, 2.24) is 9.97 Å². The fourth-order valence-corrected chi connectivity index (χ4v) is 1.73. The Balaban J connectivity index is 2.44. The minimum Gasteiger partial charge on any atom is -0.330 e. The highest BCUT2D eigenvalue weighted by atomic mass is 14.9. The molecule has 2 N–H and O–H groups in total. The summed E-state index contributed by atoms with van der Waals surface area (Å²) < 4.78 is 0. The van der Waals surface area contributed by atoms with Crippen LogP contribution < -0.4 is 5.73 Å². The number of aryl methyl sites for hydroxylation is 2. The lowest BCUT2D eigenvalue weighted by Gasteiger charge is -2.13. The molecule has 3 heteroatoms. The van der Waals surface area contributed by atoms with E-state index >= 15 is 0 Å². The van der Waals surface area contributed by atoms with Crippen LogP contribution in [0.15, 0.2) is 6.20 Å². The van der Waals surface area contributed by atoms with Crippen molar-refractivity contribution in [2.45, 2.75) is 32.1 Å². The monoisotopic (exact) mass is 177 g/mol. The quantitative estimate of drug-likeness (QED) is 0.735. The summed E-state index contributed by atoms with van der Waals surface area (Å²) in [5.41, 5.74) is 9.06. The molecule has 0 saturated heterocycles. The first-order chi connectivity index (χ1) is 6.18. The molecule has 1 aliphatic rings. The fourth-order valence-electron chi connectivity index (χ4n) is 1.73. The van der Waals surface area contributed by atoms with Crippen LogP contribution in [0, 0.1) is 13.8 Å². The van der Waals surface area contributed by atoms with Gasteiger partial charge in [-0.2, -0.15) is 0 Å². The van der Waals surface area contributed by atoms with E-state index in [1.54, 1.807) is 0 Å². The van der Waals surface area contributed by atoms with Crippen molar-refractivity contribution in [1.29, 1.82) is 0 Å². The van der Waals surface area contributed by atoms with Gasteiger partial charge in [0.15, 0.2) is 0 Å². The van der Waals surface area contributed by atoms with Crippen LogP contribution in [0.1, 0.15) is 29.9 Å². The number of hydrogen-bond donors (Lipinski definition) is 1. The van der Waals surface area contributed by atoms with E-state index < -0.39 is 0 Å². The van der Waals surface area contributed by atoms with Gasteiger partial charge in [0.05, 0.1) is 17.1 Å². The van der Waals surface area contributed by atoms with Crippen molar-refractivity contribution < 1.29 is 0 Å². The molecule has 1 aliphatic carbocycles. The van der Waals surface area contributed by atoms with Gasteiger partial charge in [-0.1, -0.05) is 0 Å². The lowest BCUT2D eigenvalue weighted by atomic mass is 10.0. The maximum atomic E-state index is 5.75. The Morgan fingerprint density at radius 1 is 1.46 bits per heavy atom. The van der Waals surface area contributed by atoms with Crippen molar-refractivity contribution in [2.24, 2.45) is 5.73 Å². The molecule has 1 aromatic heterocycles. The van der Waals surface area contributed by atoms with Crippen molar-refractivity contribution in [2.75, 3.05) is 6.54 Å². The van der Waals surface area contributed by atoms with Crippen molar-refractivity contribution >= 4 is 0 Å². The minimum atomic E-state index is 0.170. The van der Waals surface area contributed by atoms with Gasteiger partial charge >= 0.3 is 0 Å². The zero-order valence-corrected chi connectivity index (χ0v) is 8.17. The second-order valence-corrected chi connectivity index (χ2v) is 3.93. The van der Waals surface area contributed by atoms with Crippen LogP contribution in [0.5, 0.6) is 0 Å². The molecule has 13 heavy (non-hydrogen) atoms. The molecule has 3 nitrogen and oxygen atoms in total. The Bertz CT molecular complexity index is 329. The molecule has 0 bridgehead atoms. The Labute approximate surface area is 78.4 Å².